The zero-order valence-electron chi connectivity index (χ0n) is 24.1. The van der Waals surface area contributed by atoms with Crippen LogP contribution < -0.4 is 5.46 Å². The number of nitrogens with zero attached hydrogens (tertiary/aromatic N) is 2. The maximum absolute atomic E-state index is 2.71. The molecule has 2 aromatic heterocycles. The van der Waals surface area contributed by atoms with Gasteiger partial charge in [0.2, 0.25) is 0 Å². The average Bonchev–Trinajstić information content (AvgIpc) is 3.76. The van der Waals surface area contributed by atoms with Crippen LogP contribution in [-0.2, 0) is 0 Å². The van der Waals surface area contributed by atoms with Crippen LogP contribution in [0.25, 0.3) is 33.0 Å². The van der Waals surface area contributed by atoms with Crippen molar-refractivity contribution >= 4 is 45.4 Å². The van der Waals surface area contributed by atoms with Crippen LogP contribution in [0.5, 0.6) is 0 Å². The molecule has 0 saturated carbocycles. The lowest BCUT2D eigenvalue weighted by molar-refractivity contribution is 0.815. The van der Waals surface area contributed by atoms with Crippen molar-refractivity contribution < 1.29 is 0 Å². The molecule has 45 heavy (non-hydrogen) atoms. The van der Waals surface area contributed by atoms with E-state index in [1.54, 1.807) is 0 Å². The summed E-state index contributed by atoms with van der Waals surface area (Å²) in [4.78, 5) is 0. The normalized spacial score (nSPS) is 18.2. The summed E-state index contributed by atoms with van der Waals surface area (Å²) in [5.41, 5.74) is 18.1. The Labute approximate surface area is 263 Å². The van der Waals surface area contributed by atoms with Gasteiger partial charge in [-0.05, 0) is 57.4 Å². The fraction of sp³-hybridized carbons (Fsp3) is 0.0952. The van der Waals surface area contributed by atoms with Gasteiger partial charge in [-0.2, -0.15) is 0 Å². The Balaban J connectivity index is 0.00000265. The second-order valence-electron chi connectivity index (χ2n) is 12.7. The van der Waals surface area contributed by atoms with Crippen molar-refractivity contribution in [2.24, 2.45) is 0 Å². The molecular weight excluding hydrogens is 543 g/mol. The Morgan fingerprint density at radius 2 is 1.09 bits per heavy atom. The Morgan fingerprint density at radius 1 is 0.533 bits per heavy atom. The number of allylic oxidation sites excluding steroid dienone is 2. The van der Waals surface area contributed by atoms with Gasteiger partial charge in [0.15, 0.2) is 0 Å². The molecular formula is C42H31BN2. The van der Waals surface area contributed by atoms with Gasteiger partial charge >= 0.3 is 6.98 Å². The van der Waals surface area contributed by atoms with E-state index in [2.05, 4.69) is 149 Å². The third-order valence-corrected chi connectivity index (χ3v) is 10.8. The standard InChI is InChI=1S/C41H27BN2.CH4/c1-3-12-25(13-4-1)27-22-23-30-28-18-11-19-29-34-24-33(26-14-5-2-6-15-26)38-32-17-8-10-21-36(32)44(41(34)38)42(39(28)29)43-35-20-9-7-16-31(35)37(27)40(30)43;/h1-21,23-24,27,33H,22H2;1H4. The lowest BCUT2D eigenvalue weighted by Gasteiger charge is -2.38. The zero-order valence-corrected chi connectivity index (χ0v) is 24.1. The van der Waals surface area contributed by atoms with Gasteiger partial charge in [-0.1, -0.05) is 135 Å². The van der Waals surface area contributed by atoms with Crippen molar-refractivity contribution in [3.63, 3.8) is 0 Å². The molecule has 2 aliphatic carbocycles. The fourth-order valence-corrected chi connectivity index (χ4v) is 9.14. The van der Waals surface area contributed by atoms with E-state index in [-0.39, 0.29) is 20.3 Å². The van der Waals surface area contributed by atoms with E-state index in [1.165, 1.54) is 83.2 Å². The van der Waals surface area contributed by atoms with Crippen molar-refractivity contribution in [1.29, 1.82) is 0 Å². The van der Waals surface area contributed by atoms with E-state index < -0.39 is 0 Å². The van der Waals surface area contributed by atoms with E-state index in [4.69, 9.17) is 0 Å². The summed E-state index contributed by atoms with van der Waals surface area (Å²) in [6.45, 7) is 0.0434. The first-order valence-corrected chi connectivity index (χ1v) is 15.8. The van der Waals surface area contributed by atoms with E-state index in [1.807, 2.05) is 0 Å². The second kappa shape index (κ2) is 8.89. The number of hydrogen-bond donors (Lipinski definition) is 0. The molecule has 7 aromatic rings. The quantitative estimate of drug-likeness (QED) is 0.182. The number of aromatic nitrogens is 2. The molecule has 0 spiro atoms. The molecule has 0 saturated heterocycles. The van der Waals surface area contributed by atoms with Crippen LogP contribution in [0, 0.1) is 0 Å². The third kappa shape index (κ3) is 3.01. The van der Waals surface area contributed by atoms with Crippen molar-refractivity contribution in [1.82, 2.24) is 8.96 Å². The van der Waals surface area contributed by atoms with Gasteiger partial charge in [-0.3, -0.25) is 0 Å². The summed E-state index contributed by atoms with van der Waals surface area (Å²) in [6.07, 6.45) is 6.09. The number of fused-ring (bicyclic) bond motifs is 10. The molecule has 2 atom stereocenters. The summed E-state index contributed by atoms with van der Waals surface area (Å²) in [7, 11) is 0. The Bertz CT molecular complexity index is 2420. The zero-order chi connectivity index (χ0) is 28.5. The minimum Gasteiger partial charge on any atom is -0.360 e. The van der Waals surface area contributed by atoms with Crippen molar-refractivity contribution in [3.05, 3.63) is 184 Å². The first kappa shape index (κ1) is 25.1. The molecule has 0 amide bonds. The number of para-hydroxylation sites is 2. The average molecular weight is 575 g/mol. The molecule has 11 rings (SSSR count). The molecule has 4 heterocycles. The van der Waals surface area contributed by atoms with Crippen LogP contribution in [0.1, 0.15) is 70.5 Å². The van der Waals surface area contributed by atoms with E-state index in [0.717, 1.165) is 6.42 Å². The van der Waals surface area contributed by atoms with Crippen molar-refractivity contribution in [3.8, 4) is 0 Å². The first-order chi connectivity index (χ1) is 21.9. The highest BCUT2D eigenvalue weighted by molar-refractivity contribution is 6.76. The van der Waals surface area contributed by atoms with Gasteiger partial charge in [0.05, 0.1) is 0 Å². The highest BCUT2D eigenvalue weighted by Gasteiger charge is 2.48. The molecule has 2 unspecified atom stereocenters. The van der Waals surface area contributed by atoms with E-state index in [0.29, 0.717) is 5.92 Å². The number of rotatable bonds is 2. The van der Waals surface area contributed by atoms with Crippen LogP contribution in [-0.4, -0.2) is 15.9 Å². The second-order valence-corrected chi connectivity index (χ2v) is 12.7. The van der Waals surface area contributed by atoms with E-state index in [9.17, 15) is 0 Å². The fourth-order valence-electron chi connectivity index (χ4n) is 9.14. The molecule has 4 aliphatic rings. The lowest BCUT2D eigenvalue weighted by atomic mass is 9.55. The summed E-state index contributed by atoms with van der Waals surface area (Å²) in [6, 6.07) is 47.5. The lowest BCUT2D eigenvalue weighted by Crippen LogP contribution is -2.54. The van der Waals surface area contributed by atoms with Gasteiger partial charge in [0, 0.05) is 56.2 Å². The molecule has 2 aliphatic heterocycles. The largest absolute Gasteiger partial charge is 0.422 e. The first-order valence-electron chi connectivity index (χ1n) is 15.8. The summed E-state index contributed by atoms with van der Waals surface area (Å²) in [5, 5.41) is 2.75. The Hall–Kier alpha value is -5.28. The monoisotopic (exact) mass is 574 g/mol. The summed E-state index contributed by atoms with van der Waals surface area (Å²) >= 11 is 0. The molecule has 5 aromatic carbocycles. The van der Waals surface area contributed by atoms with Gasteiger partial charge in [0.25, 0.3) is 0 Å². The molecule has 0 N–H and O–H groups in total. The van der Waals surface area contributed by atoms with Gasteiger partial charge < -0.3 is 8.96 Å². The minimum absolute atomic E-state index is 0. The predicted octanol–water partition coefficient (Wildman–Crippen LogP) is 9.20. The van der Waals surface area contributed by atoms with Crippen LogP contribution in [0.15, 0.2) is 140 Å². The maximum Gasteiger partial charge on any atom is 0.422 e. The van der Waals surface area contributed by atoms with Crippen molar-refractivity contribution in [2.45, 2.75) is 25.7 Å². The van der Waals surface area contributed by atoms with Crippen molar-refractivity contribution in [2.75, 3.05) is 0 Å². The number of benzene rings is 5. The van der Waals surface area contributed by atoms with Gasteiger partial charge in [-0.15, -0.1) is 0 Å². The summed E-state index contributed by atoms with van der Waals surface area (Å²) < 4.78 is 5.40. The predicted molar refractivity (Wildman–Crippen MR) is 189 cm³/mol. The molecule has 0 bridgehead atoms. The van der Waals surface area contributed by atoms with Crippen LogP contribution in [0.2, 0.25) is 0 Å². The molecule has 0 fully saturated rings. The highest BCUT2D eigenvalue weighted by Crippen LogP contribution is 2.53. The molecule has 212 valence electrons. The number of hydrogen-bond acceptors (Lipinski definition) is 0. The highest BCUT2D eigenvalue weighted by atomic mass is 15.1. The van der Waals surface area contributed by atoms with Crippen LogP contribution >= 0.6 is 0 Å². The topological polar surface area (TPSA) is 9.86 Å². The van der Waals surface area contributed by atoms with E-state index >= 15 is 0 Å². The Kier molecular flexibility index (Phi) is 4.96. The molecule has 2 nitrogen and oxygen atoms in total. The summed E-state index contributed by atoms with van der Waals surface area (Å²) in [5.74, 6) is 0.562. The minimum atomic E-state index is 0. The maximum atomic E-state index is 2.71. The van der Waals surface area contributed by atoms with Gasteiger partial charge in [-0.25, -0.2) is 0 Å². The molecule has 0 radical (unpaired) electrons. The Morgan fingerprint density at radius 3 is 1.78 bits per heavy atom. The SMILES string of the molecule is C.C1=C2c3cccc4c3B(n3c2c(c2ccccc23)C1c1ccccc1)n1c2c(c3ccccc31)C(c1ccccc1)CC=C42. The van der Waals surface area contributed by atoms with Crippen LogP contribution in [0.3, 0.4) is 0 Å². The van der Waals surface area contributed by atoms with Crippen LogP contribution in [0.4, 0.5) is 0 Å². The molecule has 3 heteroatoms. The third-order valence-electron chi connectivity index (χ3n) is 10.8. The van der Waals surface area contributed by atoms with Gasteiger partial charge in [0.1, 0.15) is 0 Å². The smallest absolute Gasteiger partial charge is 0.360 e.